The lowest BCUT2D eigenvalue weighted by Gasteiger charge is -2.26. The van der Waals surface area contributed by atoms with Gasteiger partial charge in [-0.3, -0.25) is 4.90 Å². The van der Waals surface area contributed by atoms with Crippen LogP contribution in [0.3, 0.4) is 0 Å². The molecule has 0 radical (unpaired) electrons. The SMILES string of the molecule is FC(F)(F)c1cnc(Cl)c(CSCN2CCNCC2)c1. The van der Waals surface area contributed by atoms with Gasteiger partial charge < -0.3 is 5.32 Å². The number of hydrogen-bond donors (Lipinski definition) is 1. The van der Waals surface area contributed by atoms with Crippen molar-refractivity contribution in [3.63, 3.8) is 0 Å². The smallest absolute Gasteiger partial charge is 0.314 e. The molecule has 0 bridgehead atoms. The lowest BCUT2D eigenvalue weighted by molar-refractivity contribution is -0.137. The van der Waals surface area contributed by atoms with Crippen LogP contribution in [0.5, 0.6) is 0 Å². The minimum absolute atomic E-state index is 0.144. The van der Waals surface area contributed by atoms with Crippen LogP contribution < -0.4 is 5.32 Å². The first-order valence-corrected chi connectivity index (χ1v) is 7.72. The highest BCUT2D eigenvalue weighted by Crippen LogP contribution is 2.31. The van der Waals surface area contributed by atoms with E-state index in [2.05, 4.69) is 15.2 Å². The first-order valence-electron chi connectivity index (χ1n) is 6.19. The Morgan fingerprint density at radius 3 is 2.70 bits per heavy atom. The van der Waals surface area contributed by atoms with E-state index in [1.807, 2.05) is 0 Å². The van der Waals surface area contributed by atoms with Crippen LogP contribution in [0.1, 0.15) is 11.1 Å². The second-order valence-electron chi connectivity index (χ2n) is 4.52. The molecule has 2 heterocycles. The number of nitrogens with one attached hydrogen (secondary N) is 1. The van der Waals surface area contributed by atoms with Crippen molar-refractivity contribution < 1.29 is 13.2 Å². The zero-order chi connectivity index (χ0) is 14.6. The van der Waals surface area contributed by atoms with Gasteiger partial charge in [-0.1, -0.05) is 11.6 Å². The normalized spacial score (nSPS) is 17.4. The molecule has 0 aliphatic carbocycles. The van der Waals surface area contributed by atoms with Crippen LogP contribution in [-0.2, 0) is 11.9 Å². The summed E-state index contributed by atoms with van der Waals surface area (Å²) >= 11 is 7.41. The predicted molar refractivity (Wildman–Crippen MR) is 74.9 cm³/mol. The van der Waals surface area contributed by atoms with E-state index in [1.54, 1.807) is 11.8 Å². The Morgan fingerprint density at radius 2 is 2.05 bits per heavy atom. The van der Waals surface area contributed by atoms with Crippen molar-refractivity contribution in [3.05, 3.63) is 28.5 Å². The highest BCUT2D eigenvalue weighted by Gasteiger charge is 2.31. The summed E-state index contributed by atoms with van der Waals surface area (Å²) in [6.45, 7) is 3.82. The summed E-state index contributed by atoms with van der Waals surface area (Å²) in [6.07, 6.45) is -3.61. The Bertz CT molecular complexity index is 450. The van der Waals surface area contributed by atoms with Gasteiger partial charge in [0.15, 0.2) is 0 Å². The van der Waals surface area contributed by atoms with Gasteiger partial charge in [0.25, 0.3) is 0 Å². The van der Waals surface area contributed by atoms with Crippen molar-refractivity contribution in [1.29, 1.82) is 0 Å². The summed E-state index contributed by atoms with van der Waals surface area (Å²) in [6, 6.07) is 1.08. The Balaban J connectivity index is 1.91. The van der Waals surface area contributed by atoms with Crippen molar-refractivity contribution in [2.24, 2.45) is 0 Å². The number of pyridine rings is 1. The highest BCUT2D eigenvalue weighted by molar-refractivity contribution is 7.98. The number of rotatable bonds is 4. The molecule has 0 atom stereocenters. The molecule has 1 saturated heterocycles. The number of hydrogen-bond acceptors (Lipinski definition) is 4. The zero-order valence-corrected chi connectivity index (χ0v) is 12.3. The number of nitrogens with zero attached hydrogens (tertiary/aromatic N) is 2. The third-order valence-electron chi connectivity index (χ3n) is 2.98. The first kappa shape index (κ1) is 15.9. The second-order valence-corrected chi connectivity index (χ2v) is 5.83. The van der Waals surface area contributed by atoms with Gasteiger partial charge in [0, 0.05) is 49.6 Å². The summed E-state index contributed by atoms with van der Waals surface area (Å²) in [5.41, 5.74) is -0.318. The van der Waals surface area contributed by atoms with Crippen molar-refractivity contribution in [1.82, 2.24) is 15.2 Å². The lowest BCUT2D eigenvalue weighted by atomic mass is 10.2. The van der Waals surface area contributed by atoms with E-state index < -0.39 is 11.7 Å². The van der Waals surface area contributed by atoms with Crippen LogP contribution in [0.15, 0.2) is 12.3 Å². The molecule has 0 amide bonds. The van der Waals surface area contributed by atoms with Crippen LogP contribution in [0.2, 0.25) is 5.15 Å². The maximum atomic E-state index is 12.6. The Hall–Kier alpha value is -0.500. The molecule has 1 fully saturated rings. The monoisotopic (exact) mass is 325 g/mol. The molecule has 1 aromatic rings. The molecule has 1 N–H and O–H groups in total. The minimum Gasteiger partial charge on any atom is -0.314 e. The molecule has 0 spiro atoms. The van der Waals surface area contributed by atoms with E-state index in [-0.39, 0.29) is 5.15 Å². The fraction of sp³-hybridized carbons (Fsp3) is 0.583. The van der Waals surface area contributed by atoms with Gasteiger partial charge in [-0.25, -0.2) is 4.98 Å². The first-order chi connectivity index (χ1) is 9.47. The maximum Gasteiger partial charge on any atom is 0.417 e. The number of halogens is 4. The molecule has 1 aliphatic rings. The van der Waals surface area contributed by atoms with Crippen molar-refractivity contribution in [3.8, 4) is 0 Å². The van der Waals surface area contributed by atoms with Gasteiger partial charge in [-0.2, -0.15) is 13.2 Å². The van der Waals surface area contributed by atoms with Crippen molar-refractivity contribution in [2.75, 3.05) is 32.1 Å². The average molecular weight is 326 g/mol. The minimum atomic E-state index is -4.38. The molecule has 0 aromatic carbocycles. The second kappa shape index (κ2) is 6.98. The standard InChI is InChI=1S/C12H15ClF3N3S/c13-11-9(5-10(6-18-11)12(14,15)16)7-20-8-19-3-1-17-2-4-19/h5-6,17H,1-4,7-8H2. The molecule has 1 aromatic heterocycles. The summed E-state index contributed by atoms with van der Waals surface area (Å²) in [5.74, 6) is 1.22. The van der Waals surface area contributed by atoms with Gasteiger partial charge in [0.1, 0.15) is 5.15 Å². The van der Waals surface area contributed by atoms with Crippen LogP contribution in [0, 0.1) is 0 Å². The summed E-state index contributed by atoms with van der Waals surface area (Å²) in [4.78, 5) is 5.88. The van der Waals surface area contributed by atoms with E-state index in [4.69, 9.17) is 11.6 Å². The molecule has 3 nitrogen and oxygen atoms in total. The van der Waals surface area contributed by atoms with E-state index >= 15 is 0 Å². The van der Waals surface area contributed by atoms with Crippen LogP contribution in [-0.4, -0.2) is 41.9 Å². The molecule has 8 heteroatoms. The van der Waals surface area contributed by atoms with Crippen molar-refractivity contribution >= 4 is 23.4 Å². The Kier molecular flexibility index (Phi) is 5.54. The van der Waals surface area contributed by atoms with Crippen molar-refractivity contribution in [2.45, 2.75) is 11.9 Å². The van der Waals surface area contributed by atoms with Gasteiger partial charge in [-0.15, -0.1) is 11.8 Å². The van der Waals surface area contributed by atoms with E-state index in [9.17, 15) is 13.2 Å². The Morgan fingerprint density at radius 1 is 1.35 bits per heavy atom. The molecule has 1 aliphatic heterocycles. The quantitative estimate of drug-likeness (QED) is 0.862. The van der Waals surface area contributed by atoms with Crippen LogP contribution in [0.25, 0.3) is 0 Å². The van der Waals surface area contributed by atoms with E-state index in [0.717, 1.165) is 44.3 Å². The molecule has 0 saturated carbocycles. The van der Waals surface area contributed by atoms with Gasteiger partial charge in [0.05, 0.1) is 5.56 Å². The van der Waals surface area contributed by atoms with Gasteiger partial charge >= 0.3 is 6.18 Å². The largest absolute Gasteiger partial charge is 0.417 e. The molecule has 2 rings (SSSR count). The summed E-state index contributed by atoms with van der Waals surface area (Å²) in [7, 11) is 0. The molecule has 112 valence electrons. The molecule has 0 unspecified atom stereocenters. The van der Waals surface area contributed by atoms with Gasteiger partial charge in [0.2, 0.25) is 0 Å². The summed E-state index contributed by atoms with van der Waals surface area (Å²) in [5, 5.41) is 3.39. The molecular weight excluding hydrogens is 311 g/mol. The third kappa shape index (κ3) is 4.51. The summed E-state index contributed by atoms with van der Waals surface area (Å²) < 4.78 is 37.8. The zero-order valence-electron chi connectivity index (χ0n) is 10.7. The number of alkyl halides is 3. The number of piperazine rings is 1. The Labute approximate surface area is 124 Å². The number of aromatic nitrogens is 1. The maximum absolute atomic E-state index is 12.6. The van der Waals surface area contributed by atoms with Gasteiger partial charge in [-0.05, 0) is 6.07 Å². The molecule has 20 heavy (non-hydrogen) atoms. The lowest BCUT2D eigenvalue weighted by Crippen LogP contribution is -2.43. The van der Waals surface area contributed by atoms with Crippen LogP contribution >= 0.6 is 23.4 Å². The topological polar surface area (TPSA) is 28.2 Å². The predicted octanol–water partition coefficient (Wildman–Crippen LogP) is 2.85. The fourth-order valence-corrected chi connectivity index (χ4v) is 3.17. The highest BCUT2D eigenvalue weighted by atomic mass is 35.5. The average Bonchev–Trinajstić information content (AvgIpc) is 2.41. The number of thioether (sulfide) groups is 1. The third-order valence-corrected chi connectivity index (χ3v) is 4.38. The fourth-order valence-electron chi connectivity index (χ4n) is 1.87. The molecular formula is C12H15ClF3N3S. The van der Waals surface area contributed by atoms with E-state index in [0.29, 0.717) is 11.3 Å². The van der Waals surface area contributed by atoms with Crippen LogP contribution in [0.4, 0.5) is 13.2 Å². The van der Waals surface area contributed by atoms with E-state index in [1.165, 1.54) is 0 Å².